The highest BCUT2D eigenvalue weighted by Gasteiger charge is 2.40. The molecule has 5 heterocycles. The van der Waals surface area contributed by atoms with Crippen LogP contribution in [0, 0.1) is 11.2 Å². The van der Waals surface area contributed by atoms with Gasteiger partial charge in [0.15, 0.2) is 11.6 Å². The van der Waals surface area contributed by atoms with Gasteiger partial charge in [-0.05, 0) is 74.0 Å². The number of aromatic nitrogens is 2. The van der Waals surface area contributed by atoms with Crippen molar-refractivity contribution in [3.8, 4) is 22.1 Å². The van der Waals surface area contributed by atoms with Crippen molar-refractivity contribution in [3.05, 3.63) is 66.2 Å². The number of thiophene rings is 1. The number of ether oxygens (including phenoxy) is 1. The van der Waals surface area contributed by atoms with Crippen LogP contribution >= 0.6 is 11.3 Å². The van der Waals surface area contributed by atoms with E-state index in [-0.39, 0.29) is 17.8 Å². The van der Waals surface area contributed by atoms with Gasteiger partial charge in [-0.25, -0.2) is 9.18 Å². The standard InChI is InChI=1S/C30H31FN6O2S/c31-22-13-21(36-29(38)35-20-2-3-20)4-6-25(22)39-26-7-10-33-24-14-27(40-28(24)26)23-5-1-19(15-34-23)16-37-12-9-30(18-37)8-11-32-17-30/h1,4-7,10,13-15,20,32H,2-3,8-9,11-12,16-18H2,(H2,35,36,38). The number of hydrogen-bond acceptors (Lipinski definition) is 7. The summed E-state index contributed by atoms with van der Waals surface area (Å²) < 4.78 is 21.7. The molecule has 1 aromatic carbocycles. The van der Waals surface area contributed by atoms with E-state index in [1.165, 1.54) is 41.9 Å². The van der Waals surface area contributed by atoms with Crippen LogP contribution in [0.25, 0.3) is 20.8 Å². The average molecular weight is 559 g/mol. The summed E-state index contributed by atoms with van der Waals surface area (Å²) in [5.41, 5.74) is 3.70. The number of halogens is 1. The molecule has 0 bridgehead atoms. The Labute approximate surface area is 236 Å². The van der Waals surface area contributed by atoms with Gasteiger partial charge >= 0.3 is 6.03 Å². The van der Waals surface area contributed by atoms with Gasteiger partial charge in [-0.3, -0.25) is 14.9 Å². The molecule has 2 amide bonds. The third-order valence-corrected chi connectivity index (χ3v) is 9.19. The Kier molecular flexibility index (Phi) is 6.61. The molecule has 1 unspecified atom stereocenters. The third-order valence-electron chi connectivity index (χ3n) is 8.03. The van der Waals surface area contributed by atoms with Gasteiger partial charge in [0.25, 0.3) is 0 Å². The maximum absolute atomic E-state index is 14.9. The summed E-state index contributed by atoms with van der Waals surface area (Å²) >= 11 is 1.52. The number of nitrogens with one attached hydrogen (secondary N) is 3. The van der Waals surface area contributed by atoms with E-state index in [0.29, 0.717) is 16.9 Å². The van der Waals surface area contributed by atoms with E-state index in [0.717, 1.165) is 66.4 Å². The number of nitrogens with zero attached hydrogens (tertiary/aromatic N) is 3. The van der Waals surface area contributed by atoms with Gasteiger partial charge < -0.3 is 20.7 Å². The first kappa shape index (κ1) is 25.4. The molecule has 8 nitrogen and oxygen atoms in total. The smallest absolute Gasteiger partial charge is 0.319 e. The Morgan fingerprint density at radius 1 is 1.15 bits per heavy atom. The molecule has 1 aliphatic carbocycles. The van der Waals surface area contributed by atoms with Gasteiger partial charge in [0.05, 0.1) is 20.8 Å². The number of fused-ring (bicyclic) bond motifs is 1. The summed E-state index contributed by atoms with van der Waals surface area (Å²) in [5, 5.41) is 9.01. The molecule has 3 N–H and O–H groups in total. The second-order valence-corrected chi connectivity index (χ2v) is 12.2. The van der Waals surface area contributed by atoms with E-state index in [1.54, 1.807) is 18.3 Å². The number of rotatable bonds is 7. The topological polar surface area (TPSA) is 91.4 Å². The van der Waals surface area contributed by atoms with Crippen LogP contribution in [0.2, 0.25) is 0 Å². The maximum Gasteiger partial charge on any atom is 0.319 e. The average Bonchev–Trinajstić information content (AvgIpc) is 3.32. The first-order valence-corrected chi connectivity index (χ1v) is 14.7. The van der Waals surface area contributed by atoms with Crippen LogP contribution in [0.5, 0.6) is 11.5 Å². The lowest BCUT2D eigenvalue weighted by Gasteiger charge is -2.22. The first-order valence-electron chi connectivity index (χ1n) is 13.8. The molecule has 1 atom stereocenters. The van der Waals surface area contributed by atoms with Crippen LogP contribution in [0.3, 0.4) is 0 Å². The van der Waals surface area contributed by atoms with E-state index < -0.39 is 5.82 Å². The predicted octanol–water partition coefficient (Wildman–Crippen LogP) is 5.76. The number of carbonyl (C=O) groups excluding carboxylic acids is 1. The van der Waals surface area contributed by atoms with E-state index in [4.69, 9.17) is 9.72 Å². The van der Waals surface area contributed by atoms with Gasteiger partial charge in [-0.15, -0.1) is 11.3 Å². The molecule has 1 saturated carbocycles. The van der Waals surface area contributed by atoms with E-state index in [1.807, 2.05) is 12.3 Å². The van der Waals surface area contributed by atoms with Crippen molar-refractivity contribution in [1.82, 2.24) is 25.5 Å². The highest BCUT2D eigenvalue weighted by atomic mass is 32.1. The van der Waals surface area contributed by atoms with E-state index >= 15 is 0 Å². The highest BCUT2D eigenvalue weighted by molar-refractivity contribution is 7.22. The SMILES string of the molecule is O=C(Nc1ccc(Oc2ccnc3cc(-c4ccc(CN5CCC6(CCNC6)C5)cn4)sc23)c(F)c1)NC1CC1. The molecule has 4 aromatic rings. The van der Waals surface area contributed by atoms with Crippen molar-refractivity contribution in [2.24, 2.45) is 5.41 Å². The van der Waals surface area contributed by atoms with E-state index in [2.05, 4.69) is 38.0 Å². The molecule has 10 heteroatoms. The zero-order chi connectivity index (χ0) is 27.1. The molecular formula is C30H31FN6O2S. The Morgan fingerprint density at radius 3 is 2.85 bits per heavy atom. The number of amides is 2. The fourth-order valence-electron chi connectivity index (χ4n) is 5.71. The van der Waals surface area contributed by atoms with Gasteiger partial charge in [0, 0.05) is 55.9 Å². The molecule has 1 spiro atoms. The molecule has 2 aliphatic heterocycles. The molecule has 40 heavy (non-hydrogen) atoms. The summed E-state index contributed by atoms with van der Waals surface area (Å²) in [6.45, 7) is 5.50. The Morgan fingerprint density at radius 2 is 2.08 bits per heavy atom. The first-order chi connectivity index (χ1) is 19.5. The van der Waals surface area contributed by atoms with E-state index in [9.17, 15) is 9.18 Å². The monoisotopic (exact) mass is 558 g/mol. The number of likely N-dealkylation sites (tertiary alicyclic amines) is 1. The summed E-state index contributed by atoms with van der Waals surface area (Å²) in [6.07, 6.45) is 8.14. The minimum atomic E-state index is -0.559. The van der Waals surface area contributed by atoms with Crippen molar-refractivity contribution < 1.29 is 13.9 Å². The molecule has 206 valence electrons. The summed E-state index contributed by atoms with van der Waals surface area (Å²) in [5.74, 6) is 0.0415. The number of benzene rings is 1. The van der Waals surface area contributed by atoms with Gasteiger partial charge in [0.1, 0.15) is 5.75 Å². The quantitative estimate of drug-likeness (QED) is 0.267. The fourth-order valence-corrected chi connectivity index (χ4v) is 6.75. The van der Waals surface area contributed by atoms with Crippen molar-refractivity contribution in [2.75, 3.05) is 31.5 Å². The second-order valence-electron chi connectivity index (χ2n) is 11.2. The minimum Gasteiger partial charge on any atom is -0.453 e. The highest BCUT2D eigenvalue weighted by Crippen LogP contribution is 2.40. The summed E-state index contributed by atoms with van der Waals surface area (Å²) in [6, 6.07) is 12.3. The zero-order valence-electron chi connectivity index (χ0n) is 22.1. The number of anilines is 1. The van der Waals surface area contributed by atoms with Crippen LogP contribution < -0.4 is 20.7 Å². The normalized spacial score (nSPS) is 20.8. The van der Waals surface area contributed by atoms with Gasteiger partial charge in [0.2, 0.25) is 0 Å². The lowest BCUT2D eigenvalue weighted by molar-refractivity contribution is 0.251. The second kappa shape index (κ2) is 10.4. The lowest BCUT2D eigenvalue weighted by atomic mass is 9.87. The Balaban J connectivity index is 1.04. The molecular weight excluding hydrogens is 527 g/mol. The van der Waals surface area contributed by atoms with Crippen molar-refractivity contribution in [1.29, 1.82) is 0 Å². The molecule has 3 aliphatic rings. The van der Waals surface area contributed by atoms with Crippen molar-refractivity contribution in [3.63, 3.8) is 0 Å². The minimum absolute atomic E-state index is 0.0788. The van der Waals surface area contributed by atoms with Gasteiger partial charge in [-0.1, -0.05) is 6.07 Å². The largest absolute Gasteiger partial charge is 0.453 e. The maximum atomic E-state index is 14.9. The molecule has 0 radical (unpaired) electrons. The fraction of sp³-hybridized carbons (Fsp3) is 0.367. The molecule has 7 rings (SSSR count). The predicted molar refractivity (Wildman–Crippen MR) is 154 cm³/mol. The van der Waals surface area contributed by atoms with Gasteiger partial charge in [-0.2, -0.15) is 0 Å². The zero-order valence-corrected chi connectivity index (χ0v) is 22.9. The van der Waals surface area contributed by atoms with Crippen LogP contribution in [0.15, 0.2) is 54.9 Å². The number of carbonyl (C=O) groups is 1. The number of urea groups is 1. The summed E-state index contributed by atoms with van der Waals surface area (Å²) in [4.78, 5) is 24.7. The number of pyridine rings is 2. The molecule has 3 fully saturated rings. The lowest BCUT2D eigenvalue weighted by Crippen LogP contribution is -2.30. The van der Waals surface area contributed by atoms with Crippen molar-refractivity contribution >= 4 is 33.3 Å². The van der Waals surface area contributed by atoms with Crippen LogP contribution in [-0.2, 0) is 6.54 Å². The van der Waals surface area contributed by atoms with Crippen molar-refractivity contribution in [2.45, 2.75) is 38.3 Å². The van der Waals surface area contributed by atoms with Crippen LogP contribution in [-0.4, -0.2) is 53.1 Å². The Hall–Kier alpha value is -3.60. The van der Waals surface area contributed by atoms with Crippen LogP contribution in [0.4, 0.5) is 14.9 Å². The number of hydrogen-bond donors (Lipinski definition) is 3. The van der Waals surface area contributed by atoms with Crippen LogP contribution in [0.1, 0.15) is 31.2 Å². The molecule has 2 saturated heterocycles. The summed E-state index contributed by atoms with van der Waals surface area (Å²) in [7, 11) is 0. The third kappa shape index (κ3) is 5.39. The molecule has 3 aromatic heterocycles. The Bertz CT molecular complexity index is 1550.